The van der Waals surface area contributed by atoms with Crippen LogP contribution in [0.2, 0.25) is 0 Å². The van der Waals surface area contributed by atoms with E-state index in [-0.39, 0.29) is 5.54 Å². The molecule has 6 heteroatoms. The lowest BCUT2D eigenvalue weighted by Gasteiger charge is -2.38. The van der Waals surface area contributed by atoms with Crippen LogP contribution in [0.4, 0.5) is 0 Å². The summed E-state index contributed by atoms with van der Waals surface area (Å²) in [5, 5.41) is 0. The second kappa shape index (κ2) is 6.08. The molecule has 0 aromatic carbocycles. The first kappa shape index (κ1) is 15.2. The van der Waals surface area contributed by atoms with Gasteiger partial charge in [-0.3, -0.25) is 4.90 Å². The fraction of sp³-hybridized carbons (Fsp3) is 1.00. The van der Waals surface area contributed by atoms with Gasteiger partial charge in [-0.1, -0.05) is 19.8 Å². The fourth-order valence-corrected chi connectivity index (χ4v) is 4.68. The third kappa shape index (κ3) is 3.29. The minimum Gasteiger partial charge on any atom is -0.300 e. The first-order valence-electron chi connectivity index (χ1n) is 7.46. The zero-order valence-corrected chi connectivity index (χ0v) is 13.0. The summed E-state index contributed by atoms with van der Waals surface area (Å²) < 4.78 is 28.9. The van der Waals surface area contributed by atoms with E-state index in [1.165, 1.54) is 12.8 Å². The average molecular weight is 289 g/mol. The van der Waals surface area contributed by atoms with Crippen LogP contribution in [0.5, 0.6) is 0 Å². The molecule has 19 heavy (non-hydrogen) atoms. The molecule has 0 spiro atoms. The molecule has 0 aromatic heterocycles. The Kier molecular flexibility index (Phi) is 4.87. The van der Waals surface area contributed by atoms with Crippen molar-refractivity contribution < 1.29 is 8.42 Å². The summed E-state index contributed by atoms with van der Waals surface area (Å²) in [5.74, 6) is 0. The Bertz CT molecular complexity index is 385. The van der Waals surface area contributed by atoms with Gasteiger partial charge in [-0.15, -0.1) is 0 Å². The van der Waals surface area contributed by atoms with Crippen LogP contribution in [0, 0.1) is 0 Å². The maximum Gasteiger partial charge on any atom is 0.279 e. The fourth-order valence-electron chi connectivity index (χ4n) is 3.31. The van der Waals surface area contributed by atoms with Crippen molar-refractivity contribution in [2.45, 2.75) is 51.0 Å². The predicted octanol–water partition coefficient (Wildman–Crippen LogP) is 1.18. The molecule has 0 bridgehead atoms. The molecule has 1 aliphatic carbocycles. The van der Waals surface area contributed by atoms with Crippen molar-refractivity contribution in [1.82, 2.24) is 13.9 Å². The Morgan fingerprint density at radius 1 is 1.16 bits per heavy atom. The predicted molar refractivity (Wildman–Crippen MR) is 77.2 cm³/mol. The van der Waals surface area contributed by atoms with Gasteiger partial charge in [0.05, 0.1) is 0 Å². The Hall–Kier alpha value is -0.170. The number of nitrogens with one attached hydrogen (secondary N) is 1. The van der Waals surface area contributed by atoms with E-state index in [9.17, 15) is 8.42 Å². The van der Waals surface area contributed by atoms with E-state index >= 15 is 0 Å². The van der Waals surface area contributed by atoms with E-state index in [0.717, 1.165) is 32.2 Å². The maximum atomic E-state index is 12.2. The van der Waals surface area contributed by atoms with Crippen LogP contribution in [0.3, 0.4) is 0 Å². The van der Waals surface area contributed by atoms with Crippen LogP contribution in [0.25, 0.3) is 0 Å². The Morgan fingerprint density at radius 2 is 1.74 bits per heavy atom. The Morgan fingerprint density at radius 3 is 2.26 bits per heavy atom. The molecule has 1 saturated carbocycles. The summed E-state index contributed by atoms with van der Waals surface area (Å²) in [5.41, 5.74) is 0.0293. The molecule has 112 valence electrons. The van der Waals surface area contributed by atoms with Gasteiger partial charge in [0.25, 0.3) is 10.2 Å². The summed E-state index contributed by atoms with van der Waals surface area (Å²) in [6.45, 7) is 4.99. The number of nitrogens with zero attached hydrogens (tertiary/aromatic N) is 2. The molecule has 2 rings (SSSR count). The SMILES string of the molecule is CCN(C)C1(CNS(=O)(=O)N2CCCC2)CCCC1. The molecule has 1 saturated heterocycles. The van der Waals surface area contributed by atoms with Gasteiger partial charge in [-0.25, -0.2) is 4.72 Å². The van der Waals surface area contributed by atoms with Crippen molar-refractivity contribution in [2.75, 3.05) is 33.2 Å². The molecule has 1 heterocycles. The Balaban J connectivity index is 1.99. The van der Waals surface area contributed by atoms with Gasteiger partial charge in [-0.2, -0.15) is 12.7 Å². The largest absolute Gasteiger partial charge is 0.300 e. The maximum absolute atomic E-state index is 12.2. The van der Waals surface area contributed by atoms with Crippen LogP contribution in [-0.2, 0) is 10.2 Å². The standard InChI is InChI=1S/C13H27N3O2S/c1-3-15(2)13(8-4-5-9-13)12-14-19(17,18)16-10-6-7-11-16/h14H,3-12H2,1-2H3. The van der Waals surface area contributed by atoms with Gasteiger partial charge in [0.2, 0.25) is 0 Å². The highest BCUT2D eigenvalue weighted by atomic mass is 32.2. The summed E-state index contributed by atoms with van der Waals surface area (Å²) >= 11 is 0. The molecule has 2 fully saturated rings. The smallest absolute Gasteiger partial charge is 0.279 e. The van der Waals surface area contributed by atoms with Crippen molar-refractivity contribution in [3.05, 3.63) is 0 Å². The van der Waals surface area contributed by atoms with Gasteiger partial charge in [0, 0.05) is 25.2 Å². The van der Waals surface area contributed by atoms with E-state index in [4.69, 9.17) is 0 Å². The second-order valence-electron chi connectivity index (χ2n) is 5.88. The van der Waals surface area contributed by atoms with Crippen LogP contribution in [0.15, 0.2) is 0 Å². The number of likely N-dealkylation sites (N-methyl/N-ethyl adjacent to an activating group) is 1. The molecule has 2 aliphatic rings. The first-order chi connectivity index (χ1) is 9.00. The van der Waals surface area contributed by atoms with Crippen molar-refractivity contribution in [1.29, 1.82) is 0 Å². The van der Waals surface area contributed by atoms with Gasteiger partial charge >= 0.3 is 0 Å². The van der Waals surface area contributed by atoms with E-state index < -0.39 is 10.2 Å². The van der Waals surface area contributed by atoms with E-state index in [0.29, 0.717) is 19.6 Å². The summed E-state index contributed by atoms with van der Waals surface area (Å²) in [4.78, 5) is 2.31. The minimum absolute atomic E-state index is 0.0293. The third-order valence-electron chi connectivity index (χ3n) is 4.81. The highest BCUT2D eigenvalue weighted by molar-refractivity contribution is 7.87. The molecular formula is C13H27N3O2S. The van der Waals surface area contributed by atoms with Crippen molar-refractivity contribution >= 4 is 10.2 Å². The molecule has 1 aliphatic heterocycles. The summed E-state index contributed by atoms with van der Waals surface area (Å²) in [6, 6.07) is 0. The molecule has 0 radical (unpaired) electrons. The number of rotatable bonds is 6. The molecule has 0 atom stereocenters. The number of hydrogen-bond donors (Lipinski definition) is 1. The van der Waals surface area contributed by atoms with Gasteiger partial charge < -0.3 is 0 Å². The van der Waals surface area contributed by atoms with Gasteiger partial charge in [-0.05, 0) is 39.3 Å². The lowest BCUT2D eigenvalue weighted by atomic mass is 9.96. The van der Waals surface area contributed by atoms with Crippen molar-refractivity contribution in [3.63, 3.8) is 0 Å². The van der Waals surface area contributed by atoms with Gasteiger partial charge in [0.1, 0.15) is 0 Å². The normalized spacial score (nSPS) is 24.4. The zero-order chi connectivity index (χ0) is 13.9. The second-order valence-corrected chi connectivity index (χ2v) is 7.63. The van der Waals surface area contributed by atoms with E-state index in [1.54, 1.807) is 4.31 Å². The topological polar surface area (TPSA) is 52.7 Å². The van der Waals surface area contributed by atoms with Crippen LogP contribution >= 0.6 is 0 Å². The number of hydrogen-bond acceptors (Lipinski definition) is 3. The van der Waals surface area contributed by atoms with Crippen LogP contribution < -0.4 is 4.72 Å². The van der Waals surface area contributed by atoms with E-state index in [1.807, 2.05) is 0 Å². The van der Waals surface area contributed by atoms with Crippen LogP contribution in [0.1, 0.15) is 45.4 Å². The van der Waals surface area contributed by atoms with Crippen molar-refractivity contribution in [3.8, 4) is 0 Å². The van der Waals surface area contributed by atoms with Crippen LogP contribution in [-0.4, -0.2) is 56.4 Å². The summed E-state index contributed by atoms with van der Waals surface area (Å²) in [7, 11) is -1.16. The van der Waals surface area contributed by atoms with E-state index in [2.05, 4.69) is 23.6 Å². The molecule has 5 nitrogen and oxygen atoms in total. The highest BCUT2D eigenvalue weighted by Crippen LogP contribution is 2.34. The molecule has 0 amide bonds. The quantitative estimate of drug-likeness (QED) is 0.799. The van der Waals surface area contributed by atoms with Crippen molar-refractivity contribution in [2.24, 2.45) is 0 Å². The lowest BCUT2D eigenvalue weighted by molar-refractivity contribution is 0.134. The third-order valence-corrected chi connectivity index (χ3v) is 6.36. The average Bonchev–Trinajstić information content (AvgIpc) is 3.07. The minimum atomic E-state index is -3.27. The zero-order valence-electron chi connectivity index (χ0n) is 12.2. The first-order valence-corrected chi connectivity index (χ1v) is 8.90. The molecule has 1 N–H and O–H groups in total. The molecule has 0 aromatic rings. The summed E-state index contributed by atoms with van der Waals surface area (Å²) in [6.07, 6.45) is 6.58. The van der Waals surface area contributed by atoms with Gasteiger partial charge in [0.15, 0.2) is 0 Å². The highest BCUT2D eigenvalue weighted by Gasteiger charge is 2.38. The molecule has 0 unspecified atom stereocenters. The monoisotopic (exact) mass is 289 g/mol. The lowest BCUT2D eigenvalue weighted by Crippen LogP contribution is -2.54. The molecular weight excluding hydrogens is 262 g/mol. The Labute approximate surface area is 117 Å².